The Morgan fingerprint density at radius 1 is 1.05 bits per heavy atom. The van der Waals surface area contributed by atoms with E-state index in [2.05, 4.69) is 49.1 Å². The van der Waals surface area contributed by atoms with E-state index >= 15 is 0 Å². The predicted molar refractivity (Wildman–Crippen MR) is 82.9 cm³/mol. The minimum absolute atomic E-state index is 0.191. The van der Waals surface area contributed by atoms with E-state index in [9.17, 15) is 0 Å². The van der Waals surface area contributed by atoms with Gasteiger partial charge in [-0.3, -0.25) is 4.90 Å². The van der Waals surface area contributed by atoms with Crippen molar-refractivity contribution in [3.05, 3.63) is 47.0 Å². The monoisotopic (exact) mass is 271 g/mol. The van der Waals surface area contributed by atoms with Gasteiger partial charge in [-0.25, -0.2) is 0 Å². The lowest BCUT2D eigenvalue weighted by Gasteiger charge is -2.47. The van der Waals surface area contributed by atoms with Gasteiger partial charge in [0.25, 0.3) is 0 Å². The molecule has 1 heterocycles. The number of nitrogens with zero attached hydrogens (tertiary/aromatic N) is 1. The van der Waals surface area contributed by atoms with Crippen LogP contribution in [0, 0.1) is 6.92 Å². The highest BCUT2D eigenvalue weighted by Gasteiger charge is 2.39. The molecule has 1 atom stereocenters. The minimum atomic E-state index is 0.191. The topological polar surface area (TPSA) is 12.5 Å². The molecule has 0 aromatic heterocycles. The maximum Gasteiger partial charge on any atom is 0.0594 e. The van der Waals surface area contributed by atoms with Gasteiger partial charge >= 0.3 is 0 Å². The lowest BCUT2D eigenvalue weighted by Crippen LogP contribution is -2.52. The Morgan fingerprint density at radius 3 is 2.35 bits per heavy atom. The van der Waals surface area contributed by atoms with Crippen molar-refractivity contribution < 1.29 is 4.74 Å². The zero-order valence-corrected chi connectivity index (χ0v) is 12.7. The SMILES string of the molecule is CC1=CCC(c2ccc(C)cc2)(N2CCOCC2)CC1. The van der Waals surface area contributed by atoms with E-state index in [1.165, 1.54) is 24.0 Å². The summed E-state index contributed by atoms with van der Waals surface area (Å²) in [6.45, 7) is 8.28. The smallest absolute Gasteiger partial charge is 0.0594 e. The Balaban J connectivity index is 1.96. The molecule has 1 aliphatic carbocycles. The number of morpholine rings is 1. The van der Waals surface area contributed by atoms with Crippen LogP contribution < -0.4 is 0 Å². The highest BCUT2D eigenvalue weighted by molar-refractivity contribution is 5.31. The molecule has 1 fully saturated rings. The van der Waals surface area contributed by atoms with Crippen LogP contribution in [0.15, 0.2) is 35.9 Å². The van der Waals surface area contributed by atoms with Gasteiger partial charge in [0.2, 0.25) is 0 Å². The standard InChI is InChI=1S/C18H25NO/c1-15-3-5-17(6-4-15)18(9-7-16(2)8-10-18)19-11-13-20-14-12-19/h3-7H,8-14H2,1-2H3. The Kier molecular flexibility index (Phi) is 3.95. The molecule has 0 amide bonds. The van der Waals surface area contributed by atoms with E-state index in [-0.39, 0.29) is 5.54 Å². The summed E-state index contributed by atoms with van der Waals surface area (Å²) in [4.78, 5) is 2.66. The molecule has 0 spiro atoms. The van der Waals surface area contributed by atoms with Crippen LogP contribution in [0.5, 0.6) is 0 Å². The normalized spacial score (nSPS) is 28.2. The van der Waals surface area contributed by atoms with Gasteiger partial charge in [-0.05, 0) is 38.7 Å². The van der Waals surface area contributed by atoms with Crippen molar-refractivity contribution in [2.75, 3.05) is 26.3 Å². The Labute approximate surface area is 122 Å². The van der Waals surface area contributed by atoms with Gasteiger partial charge in [0, 0.05) is 18.6 Å². The number of ether oxygens (including phenoxy) is 1. The fourth-order valence-electron chi connectivity index (χ4n) is 3.54. The van der Waals surface area contributed by atoms with Crippen molar-refractivity contribution >= 4 is 0 Å². The summed E-state index contributed by atoms with van der Waals surface area (Å²) in [6, 6.07) is 9.17. The summed E-state index contributed by atoms with van der Waals surface area (Å²) >= 11 is 0. The maximum atomic E-state index is 5.55. The first kappa shape index (κ1) is 13.8. The average molecular weight is 271 g/mol. The molecular formula is C18H25NO. The van der Waals surface area contributed by atoms with Crippen LogP contribution in [0.4, 0.5) is 0 Å². The van der Waals surface area contributed by atoms with Gasteiger partial charge in [-0.15, -0.1) is 0 Å². The average Bonchev–Trinajstić information content (AvgIpc) is 2.50. The van der Waals surface area contributed by atoms with Crippen molar-refractivity contribution in [2.24, 2.45) is 0 Å². The third-order valence-corrected chi connectivity index (χ3v) is 4.93. The van der Waals surface area contributed by atoms with E-state index < -0.39 is 0 Å². The van der Waals surface area contributed by atoms with Gasteiger partial charge in [0.05, 0.1) is 13.2 Å². The van der Waals surface area contributed by atoms with Gasteiger partial charge in [0.15, 0.2) is 0 Å². The summed E-state index contributed by atoms with van der Waals surface area (Å²) in [5.74, 6) is 0. The van der Waals surface area contributed by atoms with Gasteiger partial charge in [-0.1, -0.05) is 41.5 Å². The van der Waals surface area contributed by atoms with Gasteiger partial charge in [-0.2, -0.15) is 0 Å². The third kappa shape index (κ3) is 2.55. The zero-order valence-electron chi connectivity index (χ0n) is 12.7. The fourth-order valence-corrected chi connectivity index (χ4v) is 3.54. The lowest BCUT2D eigenvalue weighted by atomic mass is 9.76. The van der Waals surface area contributed by atoms with Crippen molar-refractivity contribution in [2.45, 2.75) is 38.6 Å². The van der Waals surface area contributed by atoms with Gasteiger partial charge in [0.1, 0.15) is 0 Å². The molecule has 1 aliphatic heterocycles. The second kappa shape index (κ2) is 5.71. The zero-order chi connectivity index (χ0) is 14.0. The van der Waals surface area contributed by atoms with Crippen LogP contribution in [-0.4, -0.2) is 31.2 Å². The van der Waals surface area contributed by atoms with Crippen molar-refractivity contribution in [1.82, 2.24) is 4.90 Å². The molecule has 0 saturated carbocycles. The van der Waals surface area contributed by atoms with Crippen LogP contribution in [0.2, 0.25) is 0 Å². The van der Waals surface area contributed by atoms with Crippen LogP contribution in [0.25, 0.3) is 0 Å². The van der Waals surface area contributed by atoms with Crippen molar-refractivity contribution in [1.29, 1.82) is 0 Å². The van der Waals surface area contributed by atoms with E-state index in [4.69, 9.17) is 4.74 Å². The molecule has 1 aromatic rings. The van der Waals surface area contributed by atoms with Crippen LogP contribution in [0.1, 0.15) is 37.3 Å². The molecular weight excluding hydrogens is 246 g/mol. The molecule has 108 valence electrons. The summed E-state index contributed by atoms with van der Waals surface area (Å²) in [5, 5.41) is 0. The molecule has 1 unspecified atom stereocenters. The molecule has 1 saturated heterocycles. The molecule has 3 rings (SSSR count). The fraction of sp³-hybridized carbons (Fsp3) is 0.556. The Hall–Kier alpha value is -1.12. The number of aryl methyl sites for hydroxylation is 1. The molecule has 20 heavy (non-hydrogen) atoms. The molecule has 0 bridgehead atoms. The van der Waals surface area contributed by atoms with Gasteiger partial charge < -0.3 is 4.74 Å². The summed E-state index contributed by atoms with van der Waals surface area (Å²) in [7, 11) is 0. The van der Waals surface area contributed by atoms with Crippen LogP contribution in [0.3, 0.4) is 0 Å². The number of allylic oxidation sites excluding steroid dienone is 1. The van der Waals surface area contributed by atoms with E-state index in [0.29, 0.717) is 0 Å². The molecule has 2 nitrogen and oxygen atoms in total. The number of benzene rings is 1. The second-order valence-corrected chi connectivity index (χ2v) is 6.25. The van der Waals surface area contributed by atoms with Crippen molar-refractivity contribution in [3.8, 4) is 0 Å². The van der Waals surface area contributed by atoms with E-state index in [1.54, 1.807) is 5.57 Å². The first-order valence-corrected chi connectivity index (χ1v) is 7.76. The summed E-state index contributed by atoms with van der Waals surface area (Å²) in [6.07, 6.45) is 6.03. The summed E-state index contributed by atoms with van der Waals surface area (Å²) in [5.41, 5.74) is 4.56. The first-order valence-electron chi connectivity index (χ1n) is 7.76. The molecule has 1 aromatic carbocycles. The molecule has 2 aliphatic rings. The third-order valence-electron chi connectivity index (χ3n) is 4.93. The van der Waals surface area contributed by atoms with Crippen molar-refractivity contribution in [3.63, 3.8) is 0 Å². The highest BCUT2D eigenvalue weighted by Crippen LogP contribution is 2.42. The number of rotatable bonds is 2. The summed E-state index contributed by atoms with van der Waals surface area (Å²) < 4.78 is 5.55. The van der Waals surface area contributed by atoms with E-state index in [0.717, 1.165) is 32.7 Å². The molecule has 0 N–H and O–H groups in total. The Morgan fingerprint density at radius 2 is 1.75 bits per heavy atom. The lowest BCUT2D eigenvalue weighted by molar-refractivity contribution is -0.0298. The quantitative estimate of drug-likeness (QED) is 0.761. The minimum Gasteiger partial charge on any atom is -0.379 e. The number of hydrogen-bond acceptors (Lipinski definition) is 2. The highest BCUT2D eigenvalue weighted by atomic mass is 16.5. The number of hydrogen-bond donors (Lipinski definition) is 0. The second-order valence-electron chi connectivity index (χ2n) is 6.25. The molecule has 2 heteroatoms. The maximum absolute atomic E-state index is 5.55. The largest absolute Gasteiger partial charge is 0.379 e. The predicted octanol–water partition coefficient (Wildman–Crippen LogP) is 3.65. The van der Waals surface area contributed by atoms with E-state index in [1.807, 2.05) is 0 Å². The first-order chi connectivity index (χ1) is 9.71. The Bertz CT molecular complexity index is 485. The van der Waals surface area contributed by atoms with Crippen LogP contribution >= 0.6 is 0 Å². The molecule has 0 radical (unpaired) electrons. The van der Waals surface area contributed by atoms with Crippen LogP contribution in [-0.2, 0) is 10.3 Å².